The zero-order valence-corrected chi connectivity index (χ0v) is 8.20. The van der Waals surface area contributed by atoms with Gasteiger partial charge in [-0.1, -0.05) is 11.6 Å². The predicted molar refractivity (Wildman–Crippen MR) is 48.9 cm³/mol. The van der Waals surface area contributed by atoms with E-state index in [0.29, 0.717) is 0 Å². The first-order chi connectivity index (χ1) is 4.63. The van der Waals surface area contributed by atoms with Crippen LogP contribution in [0.1, 0.15) is 5.56 Å². The van der Waals surface area contributed by atoms with Gasteiger partial charge in [0, 0.05) is 3.57 Å². The van der Waals surface area contributed by atoms with E-state index < -0.39 is 0 Å². The summed E-state index contributed by atoms with van der Waals surface area (Å²) in [5.41, 5.74) is 0.808. The molecule has 0 aromatic heterocycles. The highest BCUT2D eigenvalue weighted by Crippen LogP contribution is 2.23. The summed E-state index contributed by atoms with van der Waals surface area (Å²) in [5, 5.41) is 0.229. The third kappa shape index (κ3) is 1.42. The van der Waals surface area contributed by atoms with Crippen molar-refractivity contribution in [3.05, 3.63) is 32.1 Å². The van der Waals surface area contributed by atoms with E-state index in [2.05, 4.69) is 22.6 Å². The van der Waals surface area contributed by atoms with Crippen molar-refractivity contribution < 1.29 is 4.39 Å². The van der Waals surface area contributed by atoms with E-state index in [1.54, 1.807) is 13.0 Å². The topological polar surface area (TPSA) is 0 Å². The van der Waals surface area contributed by atoms with E-state index >= 15 is 0 Å². The van der Waals surface area contributed by atoms with Crippen LogP contribution in [0.3, 0.4) is 0 Å². The Morgan fingerprint density at radius 3 is 2.60 bits per heavy atom. The van der Waals surface area contributed by atoms with E-state index in [4.69, 9.17) is 11.6 Å². The first-order valence-corrected chi connectivity index (χ1v) is 4.18. The molecular weight excluding hydrogens is 265 g/mol. The number of hydrogen-bond donors (Lipinski definition) is 0. The monoisotopic (exact) mass is 270 g/mol. The Kier molecular flexibility index (Phi) is 2.52. The number of rotatable bonds is 0. The maximum atomic E-state index is 12.6. The molecule has 0 N–H and O–H groups in total. The third-order valence-electron chi connectivity index (χ3n) is 1.27. The van der Waals surface area contributed by atoms with Crippen molar-refractivity contribution in [2.75, 3.05) is 0 Å². The van der Waals surface area contributed by atoms with E-state index in [9.17, 15) is 4.39 Å². The minimum atomic E-state index is -0.348. The maximum absolute atomic E-state index is 12.6. The fourth-order valence-corrected chi connectivity index (χ4v) is 1.40. The molecule has 54 valence electrons. The lowest BCUT2D eigenvalue weighted by Gasteiger charge is -2.00. The Labute approximate surface area is 77.5 Å². The molecule has 10 heavy (non-hydrogen) atoms. The van der Waals surface area contributed by atoms with Gasteiger partial charge in [-0.05, 0) is 47.2 Å². The first-order valence-electron chi connectivity index (χ1n) is 2.73. The third-order valence-corrected chi connectivity index (χ3v) is 2.91. The maximum Gasteiger partial charge on any atom is 0.142 e. The van der Waals surface area contributed by atoms with Crippen LogP contribution in [0.25, 0.3) is 0 Å². The van der Waals surface area contributed by atoms with Crippen LogP contribution in [0.15, 0.2) is 12.1 Å². The molecule has 0 aliphatic carbocycles. The molecule has 1 aromatic carbocycles. The van der Waals surface area contributed by atoms with Crippen molar-refractivity contribution >= 4 is 34.2 Å². The van der Waals surface area contributed by atoms with Crippen LogP contribution in [-0.4, -0.2) is 0 Å². The van der Waals surface area contributed by atoms with Crippen molar-refractivity contribution in [3.63, 3.8) is 0 Å². The molecule has 0 atom stereocenters. The van der Waals surface area contributed by atoms with Crippen LogP contribution in [0.2, 0.25) is 5.02 Å². The van der Waals surface area contributed by atoms with Crippen LogP contribution in [-0.2, 0) is 0 Å². The van der Waals surface area contributed by atoms with Gasteiger partial charge in [-0.15, -0.1) is 0 Å². The van der Waals surface area contributed by atoms with Gasteiger partial charge in [0.1, 0.15) is 5.82 Å². The second-order valence-corrected chi connectivity index (χ2v) is 3.51. The lowest BCUT2D eigenvalue weighted by atomic mass is 10.2. The molecule has 1 aromatic rings. The minimum Gasteiger partial charge on any atom is -0.205 e. The summed E-state index contributed by atoms with van der Waals surface area (Å²) < 4.78 is 13.6. The number of hydrogen-bond acceptors (Lipinski definition) is 0. The molecular formula is C7H5ClFI. The van der Waals surface area contributed by atoms with Gasteiger partial charge in [0.2, 0.25) is 0 Å². The quantitative estimate of drug-likeness (QED) is 0.501. The van der Waals surface area contributed by atoms with Gasteiger partial charge in [-0.25, -0.2) is 4.39 Å². The van der Waals surface area contributed by atoms with Crippen molar-refractivity contribution in [3.8, 4) is 0 Å². The summed E-state index contributed by atoms with van der Waals surface area (Å²) in [4.78, 5) is 0. The summed E-state index contributed by atoms with van der Waals surface area (Å²) in [6, 6.07) is 3.08. The second-order valence-electron chi connectivity index (χ2n) is 1.97. The molecule has 0 saturated carbocycles. The number of benzene rings is 1. The molecule has 0 heterocycles. The van der Waals surface area contributed by atoms with Gasteiger partial charge >= 0.3 is 0 Å². The Morgan fingerprint density at radius 2 is 2.10 bits per heavy atom. The highest BCUT2D eigenvalue weighted by atomic mass is 127. The molecule has 3 heteroatoms. The van der Waals surface area contributed by atoms with Crippen LogP contribution in [0.5, 0.6) is 0 Å². The summed E-state index contributed by atoms with van der Waals surface area (Å²) in [5.74, 6) is -0.348. The average molecular weight is 270 g/mol. The lowest BCUT2D eigenvalue weighted by molar-refractivity contribution is 0.626. The van der Waals surface area contributed by atoms with E-state index in [-0.39, 0.29) is 10.8 Å². The fourth-order valence-electron chi connectivity index (χ4n) is 0.628. The molecule has 0 nitrogen and oxygen atoms in total. The summed E-state index contributed by atoms with van der Waals surface area (Å²) >= 11 is 7.72. The lowest BCUT2D eigenvalue weighted by Crippen LogP contribution is -1.84. The summed E-state index contributed by atoms with van der Waals surface area (Å²) in [6.45, 7) is 1.80. The van der Waals surface area contributed by atoms with Gasteiger partial charge in [-0.2, -0.15) is 0 Å². The van der Waals surface area contributed by atoms with Crippen molar-refractivity contribution in [1.82, 2.24) is 0 Å². The molecule has 0 fully saturated rings. The summed E-state index contributed by atoms with van der Waals surface area (Å²) in [6.07, 6.45) is 0. The standard InChI is InChI=1S/C7H5ClFI/c1-4-6(10)3-2-5(9)7(4)8/h2-3H,1H3. The zero-order chi connectivity index (χ0) is 7.72. The van der Waals surface area contributed by atoms with Crippen LogP contribution >= 0.6 is 34.2 Å². The Hall–Kier alpha value is 0.170. The van der Waals surface area contributed by atoms with E-state index in [1.807, 2.05) is 0 Å². The molecule has 0 bridgehead atoms. The molecule has 0 saturated heterocycles. The van der Waals surface area contributed by atoms with Gasteiger partial charge in [-0.3, -0.25) is 0 Å². The minimum absolute atomic E-state index is 0.229. The van der Waals surface area contributed by atoms with Crippen molar-refractivity contribution in [1.29, 1.82) is 0 Å². The molecule has 0 radical (unpaired) electrons. The Balaban J connectivity index is 3.34. The fraction of sp³-hybridized carbons (Fsp3) is 0.143. The molecule has 0 amide bonds. The van der Waals surface area contributed by atoms with Gasteiger partial charge in [0.05, 0.1) is 5.02 Å². The summed E-state index contributed by atoms with van der Waals surface area (Å²) in [7, 11) is 0. The molecule has 0 spiro atoms. The van der Waals surface area contributed by atoms with Crippen molar-refractivity contribution in [2.45, 2.75) is 6.92 Å². The van der Waals surface area contributed by atoms with Gasteiger partial charge < -0.3 is 0 Å². The largest absolute Gasteiger partial charge is 0.205 e. The van der Waals surface area contributed by atoms with E-state index in [0.717, 1.165) is 9.13 Å². The average Bonchev–Trinajstić information content (AvgIpc) is 1.93. The Bertz CT molecular complexity index is 233. The van der Waals surface area contributed by atoms with E-state index in [1.165, 1.54) is 6.07 Å². The first kappa shape index (κ1) is 8.27. The Morgan fingerprint density at radius 1 is 1.50 bits per heavy atom. The zero-order valence-electron chi connectivity index (χ0n) is 5.29. The van der Waals surface area contributed by atoms with Gasteiger partial charge in [0.15, 0.2) is 0 Å². The van der Waals surface area contributed by atoms with Gasteiger partial charge in [0.25, 0.3) is 0 Å². The van der Waals surface area contributed by atoms with Crippen molar-refractivity contribution in [2.24, 2.45) is 0 Å². The van der Waals surface area contributed by atoms with Crippen LogP contribution in [0.4, 0.5) is 4.39 Å². The van der Waals surface area contributed by atoms with Crippen LogP contribution in [0, 0.1) is 16.3 Å². The predicted octanol–water partition coefficient (Wildman–Crippen LogP) is 3.39. The highest BCUT2D eigenvalue weighted by molar-refractivity contribution is 14.1. The molecule has 0 aliphatic heterocycles. The van der Waals surface area contributed by atoms with Crippen LogP contribution < -0.4 is 0 Å². The highest BCUT2D eigenvalue weighted by Gasteiger charge is 2.04. The number of halogens is 3. The molecule has 0 unspecified atom stereocenters. The second kappa shape index (κ2) is 3.05. The smallest absolute Gasteiger partial charge is 0.142 e. The molecule has 0 aliphatic rings. The SMILES string of the molecule is Cc1c(I)ccc(F)c1Cl. The molecule has 1 rings (SSSR count). The normalized spacial score (nSPS) is 10.0.